The van der Waals surface area contributed by atoms with E-state index in [2.05, 4.69) is 4.98 Å². The van der Waals surface area contributed by atoms with Crippen molar-refractivity contribution in [3.63, 3.8) is 0 Å². The first-order valence-corrected chi connectivity index (χ1v) is 14.6. The van der Waals surface area contributed by atoms with E-state index in [9.17, 15) is 33.3 Å². The molecule has 0 spiro atoms. The Morgan fingerprint density at radius 1 is 1.10 bits per heavy atom. The van der Waals surface area contributed by atoms with Crippen LogP contribution in [0, 0.1) is 11.6 Å². The van der Waals surface area contributed by atoms with Crippen LogP contribution < -0.4 is 10.0 Å². The second-order valence-corrected chi connectivity index (χ2v) is 11.8. The lowest BCUT2D eigenvalue weighted by Crippen LogP contribution is -2.48. The molecular formula is C28H28F4N3O5P. The first-order valence-electron chi connectivity index (χ1n) is 12.4. The SMILES string of the molecule is CC[C@H](c1nc2cc(F)c(-c3ccc(P(C)C)c(F)c3)cc2n1-c1c(C=O)cccc1OC(F)F)N(C)C(O)(O)O. The van der Waals surface area contributed by atoms with Gasteiger partial charge in [-0.05, 0) is 56.6 Å². The number of para-hydroxylation sites is 1. The molecule has 0 amide bonds. The Bertz CT molecular complexity index is 1590. The van der Waals surface area contributed by atoms with Crippen molar-refractivity contribution in [1.82, 2.24) is 14.5 Å². The number of hydrogen-bond donors (Lipinski definition) is 3. The van der Waals surface area contributed by atoms with Crippen LogP contribution in [0.2, 0.25) is 0 Å². The molecule has 0 saturated heterocycles. The number of carbonyl (C=O) groups excluding carboxylic acids is 1. The molecule has 0 unspecified atom stereocenters. The molecule has 4 rings (SSSR count). The standard InChI is InChI=1S/C28H28F4N3O5P/c1-5-21(34(2)28(37,38)39)26-33-20-13-18(29)17(15-9-10-24(41(3)4)19(30)11-15)12-22(20)35(26)25-16(14-36)7-6-8-23(25)40-27(31)32/h6-14,21,27,37-39H,5H2,1-4H3/t21-/m1/s1. The van der Waals surface area contributed by atoms with Gasteiger partial charge in [0.2, 0.25) is 0 Å². The van der Waals surface area contributed by atoms with Gasteiger partial charge in [-0.2, -0.15) is 8.78 Å². The third kappa shape index (κ3) is 5.98. The smallest absolute Gasteiger partial charge is 0.387 e. The van der Waals surface area contributed by atoms with Crippen LogP contribution in [0.3, 0.4) is 0 Å². The summed E-state index contributed by atoms with van der Waals surface area (Å²) in [6.45, 7) is 2.12. The molecule has 0 aliphatic rings. The number of aliphatic hydroxyl groups is 3. The lowest BCUT2D eigenvalue weighted by Gasteiger charge is -2.33. The maximum atomic E-state index is 15.5. The number of alkyl halides is 2. The molecular weight excluding hydrogens is 565 g/mol. The molecule has 0 aliphatic carbocycles. The van der Waals surface area contributed by atoms with E-state index in [1.165, 1.54) is 41.9 Å². The van der Waals surface area contributed by atoms with Crippen LogP contribution in [0.5, 0.6) is 5.75 Å². The number of imidazole rings is 1. The molecule has 4 aromatic rings. The van der Waals surface area contributed by atoms with Crippen molar-refractivity contribution in [3.05, 3.63) is 71.6 Å². The summed E-state index contributed by atoms with van der Waals surface area (Å²) in [7, 11) is 0.408. The highest BCUT2D eigenvalue weighted by molar-refractivity contribution is 7.64. The van der Waals surface area contributed by atoms with E-state index in [4.69, 9.17) is 4.74 Å². The normalized spacial score (nSPS) is 13.0. The lowest BCUT2D eigenvalue weighted by atomic mass is 10.0. The number of aldehydes is 1. The van der Waals surface area contributed by atoms with E-state index < -0.39 is 44.1 Å². The lowest BCUT2D eigenvalue weighted by molar-refractivity contribution is -0.396. The highest BCUT2D eigenvalue weighted by Gasteiger charge is 2.36. The van der Waals surface area contributed by atoms with Gasteiger partial charge in [-0.3, -0.25) is 9.36 Å². The van der Waals surface area contributed by atoms with Gasteiger partial charge in [0.15, 0.2) is 12.0 Å². The van der Waals surface area contributed by atoms with Gasteiger partial charge >= 0.3 is 12.7 Å². The van der Waals surface area contributed by atoms with E-state index in [-0.39, 0.29) is 45.7 Å². The highest BCUT2D eigenvalue weighted by Crippen LogP contribution is 2.39. The van der Waals surface area contributed by atoms with Gasteiger partial charge in [0.25, 0.3) is 0 Å². The van der Waals surface area contributed by atoms with Gasteiger partial charge in [-0.25, -0.2) is 18.7 Å². The Hall–Kier alpha value is -3.41. The molecule has 3 aromatic carbocycles. The van der Waals surface area contributed by atoms with E-state index >= 15 is 4.39 Å². The summed E-state index contributed by atoms with van der Waals surface area (Å²) in [4.78, 5) is 17.3. The summed E-state index contributed by atoms with van der Waals surface area (Å²) in [5, 5.41) is 30.2. The number of benzene rings is 3. The maximum Gasteiger partial charge on any atom is 0.387 e. The summed E-state index contributed by atoms with van der Waals surface area (Å²) in [5.74, 6) is -1.73. The molecule has 13 heteroatoms. The summed E-state index contributed by atoms with van der Waals surface area (Å²) in [5.41, 5.74) is 0.0362. The second kappa shape index (κ2) is 11.8. The average molecular weight is 594 g/mol. The highest BCUT2D eigenvalue weighted by atomic mass is 31.1. The topological polar surface area (TPSA) is 108 Å². The van der Waals surface area contributed by atoms with E-state index in [1.54, 1.807) is 19.1 Å². The van der Waals surface area contributed by atoms with Crippen LogP contribution in [0.4, 0.5) is 17.6 Å². The van der Waals surface area contributed by atoms with Gasteiger partial charge in [0.1, 0.15) is 23.1 Å². The summed E-state index contributed by atoms with van der Waals surface area (Å²) in [6, 6.07) is 9.53. The summed E-state index contributed by atoms with van der Waals surface area (Å²) in [6.07, 6.45) is -2.81. The second-order valence-electron chi connectivity index (χ2n) is 9.51. The fourth-order valence-electron chi connectivity index (χ4n) is 4.74. The first-order chi connectivity index (χ1) is 19.3. The van der Waals surface area contributed by atoms with Gasteiger partial charge in [-0.15, -0.1) is 0 Å². The van der Waals surface area contributed by atoms with Crippen LogP contribution in [-0.4, -0.2) is 69.1 Å². The zero-order valence-electron chi connectivity index (χ0n) is 22.5. The van der Waals surface area contributed by atoms with Gasteiger partial charge in [0.05, 0.1) is 17.1 Å². The van der Waals surface area contributed by atoms with E-state index in [0.29, 0.717) is 11.6 Å². The largest absolute Gasteiger partial charge is 0.433 e. The molecule has 0 fully saturated rings. The van der Waals surface area contributed by atoms with Crippen molar-refractivity contribution in [2.24, 2.45) is 0 Å². The fourth-order valence-corrected chi connectivity index (χ4v) is 5.60. The van der Waals surface area contributed by atoms with Crippen LogP contribution >= 0.6 is 7.92 Å². The minimum atomic E-state index is -3.32. The number of hydrogen-bond acceptors (Lipinski definition) is 7. The van der Waals surface area contributed by atoms with E-state index in [0.717, 1.165) is 11.0 Å². The monoisotopic (exact) mass is 593 g/mol. The number of ether oxygens (including phenoxy) is 1. The molecule has 218 valence electrons. The zero-order valence-corrected chi connectivity index (χ0v) is 23.4. The van der Waals surface area contributed by atoms with Crippen molar-refractivity contribution >= 4 is 30.5 Å². The molecule has 0 saturated carbocycles. The van der Waals surface area contributed by atoms with Crippen molar-refractivity contribution in [2.75, 3.05) is 20.4 Å². The van der Waals surface area contributed by atoms with Gasteiger partial charge < -0.3 is 20.1 Å². The number of nitrogens with zero attached hydrogens (tertiary/aromatic N) is 3. The molecule has 1 aromatic heterocycles. The Morgan fingerprint density at radius 2 is 1.80 bits per heavy atom. The van der Waals surface area contributed by atoms with Crippen LogP contribution in [-0.2, 0) is 0 Å². The Kier molecular flexibility index (Phi) is 8.81. The minimum absolute atomic E-state index is 0.0129. The van der Waals surface area contributed by atoms with E-state index in [1.807, 2.05) is 13.3 Å². The quantitative estimate of drug-likeness (QED) is 0.106. The van der Waals surface area contributed by atoms with Crippen LogP contribution in [0.1, 0.15) is 35.6 Å². The maximum absolute atomic E-state index is 15.5. The number of carbonyl (C=O) groups is 1. The zero-order chi connectivity index (χ0) is 30.2. The number of rotatable bonds is 10. The third-order valence-electron chi connectivity index (χ3n) is 6.73. The molecule has 3 N–H and O–H groups in total. The Balaban J connectivity index is 2.11. The fraction of sp³-hybridized carbons (Fsp3) is 0.286. The molecule has 1 atom stereocenters. The van der Waals surface area contributed by atoms with Crippen LogP contribution in [0.15, 0.2) is 48.5 Å². The van der Waals surface area contributed by atoms with Crippen molar-refractivity contribution in [3.8, 4) is 22.6 Å². The Labute approximate surface area is 234 Å². The molecule has 41 heavy (non-hydrogen) atoms. The van der Waals surface area contributed by atoms with Crippen molar-refractivity contribution in [2.45, 2.75) is 32.1 Å². The minimum Gasteiger partial charge on any atom is -0.433 e. The van der Waals surface area contributed by atoms with Crippen molar-refractivity contribution in [1.29, 1.82) is 0 Å². The third-order valence-corrected chi connectivity index (χ3v) is 8.06. The average Bonchev–Trinajstić information content (AvgIpc) is 3.24. The predicted octanol–water partition coefficient (Wildman–Crippen LogP) is 4.72. The molecule has 0 bridgehead atoms. The summed E-state index contributed by atoms with van der Waals surface area (Å²) < 4.78 is 63.2. The predicted molar refractivity (Wildman–Crippen MR) is 147 cm³/mol. The molecule has 1 heterocycles. The Morgan fingerprint density at radius 3 is 2.37 bits per heavy atom. The first kappa shape index (κ1) is 30.5. The molecule has 8 nitrogen and oxygen atoms in total. The molecule has 0 aliphatic heterocycles. The summed E-state index contributed by atoms with van der Waals surface area (Å²) >= 11 is 0. The van der Waals surface area contributed by atoms with Crippen molar-refractivity contribution < 1.29 is 42.4 Å². The van der Waals surface area contributed by atoms with Crippen LogP contribution in [0.25, 0.3) is 27.8 Å². The van der Waals surface area contributed by atoms with Gasteiger partial charge in [0, 0.05) is 22.5 Å². The number of aromatic nitrogens is 2. The van der Waals surface area contributed by atoms with Gasteiger partial charge in [-0.1, -0.05) is 33.0 Å². The number of halogens is 4. The molecule has 0 radical (unpaired) electrons. The number of fused-ring (bicyclic) bond motifs is 1.